The van der Waals surface area contributed by atoms with Gasteiger partial charge in [-0.2, -0.15) is 0 Å². The third-order valence-electron chi connectivity index (χ3n) is 2.30. The second-order valence-corrected chi connectivity index (χ2v) is 4.74. The summed E-state index contributed by atoms with van der Waals surface area (Å²) in [6.45, 7) is 4.17. The molecule has 0 bridgehead atoms. The van der Waals surface area contributed by atoms with E-state index in [-0.39, 0.29) is 0 Å². The fraction of sp³-hybridized carbons (Fsp3) is 0.273. The van der Waals surface area contributed by atoms with Crippen LogP contribution in [0.3, 0.4) is 0 Å². The molecule has 4 nitrogen and oxygen atoms in total. The van der Waals surface area contributed by atoms with Crippen LogP contribution in [0.1, 0.15) is 25.3 Å². The SMILES string of the molecule is CC(C)c1cc(Br)ccc1-[n+]1cc([O-])on1. The lowest BCUT2D eigenvalue weighted by molar-refractivity contribution is -0.671. The lowest BCUT2D eigenvalue weighted by Gasteiger charge is -2.06. The molecule has 0 atom stereocenters. The van der Waals surface area contributed by atoms with Crippen LogP contribution in [-0.4, -0.2) is 5.27 Å². The van der Waals surface area contributed by atoms with E-state index < -0.39 is 5.95 Å². The van der Waals surface area contributed by atoms with E-state index >= 15 is 0 Å². The van der Waals surface area contributed by atoms with Crippen LogP contribution in [-0.2, 0) is 0 Å². The third kappa shape index (κ3) is 2.09. The Bertz CT molecular complexity index is 508. The fourth-order valence-electron chi connectivity index (χ4n) is 1.54. The van der Waals surface area contributed by atoms with Gasteiger partial charge in [-0.05, 0) is 22.7 Å². The number of nitrogens with zero attached hydrogens (tertiary/aromatic N) is 2. The standard InChI is InChI=1S/C11H11BrN2O2/c1-7(2)9-5-8(12)3-4-10(9)14-6-11(15)16-13-14/h3-7H,1-2H3. The Kier molecular flexibility index (Phi) is 2.96. The molecule has 1 aromatic heterocycles. The highest BCUT2D eigenvalue weighted by atomic mass is 79.9. The van der Waals surface area contributed by atoms with Crippen LogP contribution in [0.5, 0.6) is 5.95 Å². The summed E-state index contributed by atoms with van der Waals surface area (Å²) in [6.07, 6.45) is 1.33. The minimum Gasteiger partial charge on any atom is -0.539 e. The van der Waals surface area contributed by atoms with Crippen LogP contribution in [0, 0.1) is 0 Å². The molecule has 0 amide bonds. The van der Waals surface area contributed by atoms with E-state index in [0.717, 1.165) is 15.7 Å². The summed E-state index contributed by atoms with van der Waals surface area (Å²) in [7, 11) is 0. The molecule has 0 aliphatic heterocycles. The van der Waals surface area contributed by atoms with Crippen LogP contribution >= 0.6 is 15.9 Å². The van der Waals surface area contributed by atoms with Gasteiger partial charge in [0.1, 0.15) is 5.95 Å². The van der Waals surface area contributed by atoms with Crippen LogP contribution in [0.4, 0.5) is 0 Å². The molecule has 16 heavy (non-hydrogen) atoms. The van der Waals surface area contributed by atoms with Gasteiger partial charge < -0.3 is 9.63 Å². The summed E-state index contributed by atoms with van der Waals surface area (Å²) in [5.41, 5.74) is 1.97. The lowest BCUT2D eigenvalue weighted by Crippen LogP contribution is -2.33. The first-order valence-corrected chi connectivity index (χ1v) is 5.72. The number of halogens is 1. The first kappa shape index (κ1) is 11.1. The van der Waals surface area contributed by atoms with Crippen LogP contribution < -0.4 is 9.79 Å². The molecule has 2 aromatic rings. The van der Waals surface area contributed by atoms with Crippen molar-refractivity contribution in [2.24, 2.45) is 0 Å². The molecular weight excluding hydrogens is 272 g/mol. The third-order valence-corrected chi connectivity index (χ3v) is 2.80. The van der Waals surface area contributed by atoms with E-state index in [2.05, 4.69) is 39.6 Å². The van der Waals surface area contributed by atoms with Gasteiger partial charge in [0.25, 0.3) is 0 Å². The highest BCUT2D eigenvalue weighted by Gasteiger charge is 2.17. The molecule has 5 heteroatoms. The van der Waals surface area contributed by atoms with E-state index in [9.17, 15) is 5.11 Å². The first-order chi connectivity index (χ1) is 7.58. The Morgan fingerprint density at radius 3 is 2.75 bits per heavy atom. The van der Waals surface area contributed by atoms with Gasteiger partial charge in [-0.3, -0.25) is 0 Å². The molecule has 0 fully saturated rings. The van der Waals surface area contributed by atoms with Gasteiger partial charge in [0.15, 0.2) is 0 Å². The van der Waals surface area contributed by atoms with Crippen molar-refractivity contribution in [2.75, 3.05) is 0 Å². The maximum Gasteiger partial charge on any atom is 0.242 e. The van der Waals surface area contributed by atoms with E-state index in [1.807, 2.05) is 18.2 Å². The maximum atomic E-state index is 11.0. The van der Waals surface area contributed by atoms with Crippen molar-refractivity contribution in [1.82, 2.24) is 5.27 Å². The summed E-state index contributed by atoms with van der Waals surface area (Å²) in [5, 5.41) is 14.6. The first-order valence-electron chi connectivity index (χ1n) is 4.93. The molecule has 0 aliphatic carbocycles. The Balaban J connectivity index is 2.56. The summed E-state index contributed by atoms with van der Waals surface area (Å²) in [4.78, 5) is 0. The molecule has 84 valence electrons. The summed E-state index contributed by atoms with van der Waals surface area (Å²) in [6, 6.07) is 5.83. The quantitative estimate of drug-likeness (QED) is 0.791. The average molecular weight is 283 g/mol. The van der Waals surface area contributed by atoms with Crippen molar-refractivity contribution < 1.29 is 14.3 Å². The molecule has 0 unspecified atom stereocenters. The van der Waals surface area contributed by atoms with E-state index in [0.29, 0.717) is 5.92 Å². The van der Waals surface area contributed by atoms with Crippen molar-refractivity contribution in [2.45, 2.75) is 19.8 Å². The second-order valence-electron chi connectivity index (χ2n) is 3.82. The predicted octanol–water partition coefficient (Wildman–Crippen LogP) is 1.91. The Morgan fingerprint density at radius 2 is 2.19 bits per heavy atom. The normalized spacial score (nSPS) is 11.0. The van der Waals surface area contributed by atoms with Gasteiger partial charge in [0, 0.05) is 16.1 Å². The van der Waals surface area contributed by atoms with Gasteiger partial charge in [-0.15, -0.1) is 0 Å². The lowest BCUT2D eigenvalue weighted by atomic mass is 10.0. The van der Waals surface area contributed by atoms with Crippen molar-refractivity contribution in [3.05, 3.63) is 34.4 Å². The molecule has 1 heterocycles. The molecule has 1 aromatic carbocycles. The molecule has 2 rings (SSSR count). The smallest absolute Gasteiger partial charge is 0.242 e. The highest BCUT2D eigenvalue weighted by molar-refractivity contribution is 9.10. The van der Waals surface area contributed by atoms with Gasteiger partial charge in [0.05, 0.1) is 5.27 Å². The van der Waals surface area contributed by atoms with E-state index in [4.69, 9.17) is 0 Å². The van der Waals surface area contributed by atoms with Gasteiger partial charge >= 0.3 is 0 Å². The summed E-state index contributed by atoms with van der Waals surface area (Å²) < 4.78 is 7.00. The molecule has 0 N–H and O–H groups in total. The Hall–Kier alpha value is -1.36. The van der Waals surface area contributed by atoms with E-state index in [1.165, 1.54) is 10.9 Å². The van der Waals surface area contributed by atoms with Crippen molar-refractivity contribution in [3.8, 4) is 11.6 Å². The number of benzene rings is 1. The number of aromatic nitrogens is 2. The zero-order chi connectivity index (χ0) is 11.7. The number of hydrogen-bond donors (Lipinski definition) is 0. The van der Waals surface area contributed by atoms with Crippen molar-refractivity contribution in [1.29, 1.82) is 0 Å². The van der Waals surface area contributed by atoms with Gasteiger partial charge in [-0.1, -0.05) is 29.8 Å². The second kappa shape index (κ2) is 4.25. The minimum atomic E-state index is -0.447. The largest absolute Gasteiger partial charge is 0.539 e. The highest BCUT2D eigenvalue weighted by Crippen LogP contribution is 2.23. The minimum absolute atomic E-state index is 0.340. The predicted molar refractivity (Wildman–Crippen MR) is 59.3 cm³/mol. The van der Waals surface area contributed by atoms with Crippen LogP contribution in [0.25, 0.3) is 5.69 Å². The van der Waals surface area contributed by atoms with Crippen molar-refractivity contribution >= 4 is 15.9 Å². The number of hydrogen-bond acceptors (Lipinski definition) is 3. The molecule has 0 saturated carbocycles. The molecule has 0 radical (unpaired) electrons. The van der Waals surface area contributed by atoms with Crippen LogP contribution in [0.2, 0.25) is 0 Å². The maximum absolute atomic E-state index is 11.0. The van der Waals surface area contributed by atoms with Crippen LogP contribution in [0.15, 0.2) is 33.4 Å². The average Bonchev–Trinajstić information content (AvgIpc) is 2.64. The molecule has 0 aliphatic rings. The Labute approximate surface area is 102 Å². The summed E-state index contributed by atoms with van der Waals surface area (Å²) in [5.74, 6) is -0.107. The molecule has 0 spiro atoms. The summed E-state index contributed by atoms with van der Waals surface area (Å²) >= 11 is 3.43. The molecular formula is C11H11BrN2O2. The monoisotopic (exact) mass is 282 g/mol. The topological polar surface area (TPSA) is 53.0 Å². The Morgan fingerprint density at radius 1 is 1.44 bits per heavy atom. The molecule has 0 saturated heterocycles. The van der Waals surface area contributed by atoms with Gasteiger partial charge in [-0.25, -0.2) is 0 Å². The zero-order valence-corrected chi connectivity index (χ0v) is 10.6. The van der Waals surface area contributed by atoms with Crippen molar-refractivity contribution in [3.63, 3.8) is 0 Å². The van der Waals surface area contributed by atoms with E-state index in [1.54, 1.807) is 0 Å². The zero-order valence-electron chi connectivity index (χ0n) is 8.98. The fourth-order valence-corrected chi connectivity index (χ4v) is 1.92. The van der Waals surface area contributed by atoms with Gasteiger partial charge in [0.2, 0.25) is 11.9 Å². The number of rotatable bonds is 2.